The molecule has 1 amide bonds. The first-order valence-electron chi connectivity index (χ1n) is 7.13. The van der Waals surface area contributed by atoms with E-state index in [1.165, 1.54) is 6.07 Å². The zero-order chi connectivity index (χ0) is 16.3. The Balaban J connectivity index is 1.91. The highest BCUT2D eigenvalue weighted by atomic mass is 32.2. The number of amides is 1. The predicted octanol–water partition coefficient (Wildman–Crippen LogP) is 1.41. The van der Waals surface area contributed by atoms with Gasteiger partial charge in [-0.1, -0.05) is 6.92 Å². The van der Waals surface area contributed by atoms with Crippen LogP contribution in [0.2, 0.25) is 0 Å². The topological polar surface area (TPSA) is 91.8 Å². The number of nitrogens with zero attached hydrogens (tertiary/aromatic N) is 1. The molecule has 0 atom stereocenters. The van der Waals surface area contributed by atoms with Gasteiger partial charge in [-0.3, -0.25) is 4.79 Å². The van der Waals surface area contributed by atoms with E-state index in [0.717, 1.165) is 11.3 Å². The van der Waals surface area contributed by atoms with Gasteiger partial charge < -0.3 is 10.0 Å². The molecular formula is C14H19NO5S2. The molecule has 2 rings (SSSR count). The molecule has 6 nitrogen and oxygen atoms in total. The number of carbonyl (C=O) groups is 2. The number of thiophene rings is 1. The van der Waals surface area contributed by atoms with Crippen molar-refractivity contribution < 1.29 is 23.1 Å². The van der Waals surface area contributed by atoms with E-state index in [0.29, 0.717) is 31.5 Å². The molecule has 0 aromatic carbocycles. The average molecular weight is 345 g/mol. The van der Waals surface area contributed by atoms with Crippen LogP contribution in [0.4, 0.5) is 0 Å². The first kappa shape index (κ1) is 17.0. The van der Waals surface area contributed by atoms with E-state index >= 15 is 0 Å². The fourth-order valence-corrected chi connectivity index (χ4v) is 4.72. The Morgan fingerprint density at radius 3 is 2.50 bits per heavy atom. The Hall–Kier alpha value is -1.41. The monoisotopic (exact) mass is 345 g/mol. The van der Waals surface area contributed by atoms with Crippen LogP contribution in [-0.2, 0) is 21.1 Å². The summed E-state index contributed by atoms with van der Waals surface area (Å²) >= 11 is 1.10. The quantitative estimate of drug-likeness (QED) is 0.871. The van der Waals surface area contributed by atoms with E-state index in [2.05, 4.69) is 0 Å². The van der Waals surface area contributed by atoms with E-state index < -0.39 is 15.8 Å². The number of hydrogen-bond donors (Lipinski definition) is 1. The third-order valence-electron chi connectivity index (χ3n) is 3.92. The van der Waals surface area contributed by atoms with Gasteiger partial charge in [0.15, 0.2) is 9.84 Å². The van der Waals surface area contributed by atoms with Crippen LogP contribution in [0.1, 0.15) is 35.0 Å². The number of hydrogen-bond acceptors (Lipinski definition) is 5. The summed E-state index contributed by atoms with van der Waals surface area (Å²) in [6.45, 7) is 2.53. The Kier molecular flexibility index (Phi) is 5.23. The van der Waals surface area contributed by atoms with Crippen LogP contribution in [0.5, 0.6) is 0 Å². The lowest BCUT2D eigenvalue weighted by Gasteiger charge is -2.31. The maximum Gasteiger partial charge on any atom is 0.345 e. The van der Waals surface area contributed by atoms with Crippen molar-refractivity contribution >= 4 is 33.1 Å². The van der Waals surface area contributed by atoms with Crippen LogP contribution in [0.15, 0.2) is 11.4 Å². The molecule has 0 unspecified atom stereocenters. The van der Waals surface area contributed by atoms with Crippen LogP contribution in [0, 0.1) is 0 Å². The minimum absolute atomic E-state index is 0.0814. The Bertz CT molecular complexity index is 657. The van der Waals surface area contributed by atoms with Crippen LogP contribution in [0.25, 0.3) is 0 Å². The van der Waals surface area contributed by atoms with Crippen molar-refractivity contribution in [3.63, 3.8) is 0 Å². The molecule has 1 aromatic heterocycles. The summed E-state index contributed by atoms with van der Waals surface area (Å²) in [6.07, 6.45) is 1.12. The van der Waals surface area contributed by atoms with Gasteiger partial charge in [-0.15, -0.1) is 11.3 Å². The predicted molar refractivity (Wildman–Crippen MR) is 84.0 cm³/mol. The molecule has 1 aliphatic rings. The molecule has 8 heteroatoms. The fraction of sp³-hybridized carbons (Fsp3) is 0.571. The SMILES string of the molecule is CCS(=O)(=O)C1CCN(C(=O)Cc2csc(C(=O)O)c2)CC1. The summed E-state index contributed by atoms with van der Waals surface area (Å²) in [7, 11) is -3.04. The zero-order valence-corrected chi connectivity index (χ0v) is 14.0. The Morgan fingerprint density at radius 2 is 2.00 bits per heavy atom. The first-order chi connectivity index (χ1) is 10.3. The molecule has 22 heavy (non-hydrogen) atoms. The number of piperidine rings is 1. The zero-order valence-electron chi connectivity index (χ0n) is 12.3. The second-order valence-corrected chi connectivity index (χ2v) is 8.81. The van der Waals surface area contributed by atoms with Crippen LogP contribution < -0.4 is 0 Å². The lowest BCUT2D eigenvalue weighted by Crippen LogP contribution is -2.43. The summed E-state index contributed by atoms with van der Waals surface area (Å²) < 4.78 is 23.7. The minimum atomic E-state index is -3.04. The van der Waals surface area contributed by atoms with Gasteiger partial charge in [-0.05, 0) is 29.9 Å². The number of rotatable bonds is 5. The maximum absolute atomic E-state index is 12.2. The summed E-state index contributed by atoms with van der Waals surface area (Å²) in [5.41, 5.74) is 0.690. The summed E-state index contributed by atoms with van der Waals surface area (Å²) in [4.78, 5) is 24.9. The molecule has 0 aliphatic carbocycles. The van der Waals surface area contributed by atoms with E-state index in [1.54, 1.807) is 17.2 Å². The van der Waals surface area contributed by atoms with Gasteiger partial charge in [0.1, 0.15) is 4.88 Å². The lowest BCUT2D eigenvalue weighted by molar-refractivity contribution is -0.131. The molecule has 0 bridgehead atoms. The molecule has 1 aromatic rings. The molecule has 2 heterocycles. The van der Waals surface area contributed by atoms with Crippen LogP contribution >= 0.6 is 11.3 Å². The average Bonchev–Trinajstić information content (AvgIpc) is 2.96. The Labute approximate surface area is 133 Å². The van der Waals surface area contributed by atoms with Gasteiger partial charge in [-0.2, -0.15) is 0 Å². The highest BCUT2D eigenvalue weighted by Gasteiger charge is 2.30. The van der Waals surface area contributed by atoms with Crippen LogP contribution in [-0.4, -0.2) is 54.4 Å². The smallest absolute Gasteiger partial charge is 0.345 e. The molecule has 1 N–H and O–H groups in total. The number of aromatic carboxylic acids is 1. The first-order valence-corrected chi connectivity index (χ1v) is 9.73. The molecule has 1 aliphatic heterocycles. The van der Waals surface area contributed by atoms with Crippen molar-refractivity contribution in [1.82, 2.24) is 4.90 Å². The van der Waals surface area contributed by atoms with E-state index in [-0.39, 0.29) is 28.2 Å². The van der Waals surface area contributed by atoms with Gasteiger partial charge in [0.05, 0.1) is 11.7 Å². The summed E-state index contributed by atoms with van der Waals surface area (Å²) in [5.74, 6) is -0.935. The number of carboxylic acid groups (broad SMARTS) is 1. The Morgan fingerprint density at radius 1 is 1.36 bits per heavy atom. The fourth-order valence-electron chi connectivity index (χ4n) is 2.57. The van der Waals surface area contributed by atoms with Crippen molar-refractivity contribution in [2.75, 3.05) is 18.8 Å². The van der Waals surface area contributed by atoms with Gasteiger partial charge in [-0.25, -0.2) is 13.2 Å². The highest BCUT2D eigenvalue weighted by molar-refractivity contribution is 7.92. The number of likely N-dealkylation sites (tertiary alicyclic amines) is 1. The van der Waals surface area contributed by atoms with Gasteiger partial charge in [0.25, 0.3) is 0 Å². The minimum Gasteiger partial charge on any atom is -0.477 e. The van der Waals surface area contributed by atoms with Crippen molar-refractivity contribution in [2.24, 2.45) is 0 Å². The van der Waals surface area contributed by atoms with E-state index in [9.17, 15) is 18.0 Å². The molecule has 1 saturated heterocycles. The lowest BCUT2D eigenvalue weighted by atomic mass is 10.1. The van der Waals surface area contributed by atoms with Crippen molar-refractivity contribution in [1.29, 1.82) is 0 Å². The molecule has 1 fully saturated rings. The van der Waals surface area contributed by atoms with Crippen LogP contribution in [0.3, 0.4) is 0 Å². The number of carbonyl (C=O) groups excluding carboxylic acids is 1. The number of carboxylic acids is 1. The maximum atomic E-state index is 12.2. The molecular weight excluding hydrogens is 326 g/mol. The van der Waals surface area contributed by atoms with E-state index in [1.807, 2.05) is 0 Å². The largest absolute Gasteiger partial charge is 0.477 e. The normalized spacial score (nSPS) is 16.7. The molecule has 122 valence electrons. The summed E-state index contributed by atoms with van der Waals surface area (Å²) in [6, 6.07) is 1.51. The van der Waals surface area contributed by atoms with E-state index in [4.69, 9.17) is 5.11 Å². The second kappa shape index (κ2) is 6.78. The highest BCUT2D eigenvalue weighted by Crippen LogP contribution is 2.20. The standard InChI is InChI=1S/C14H19NO5S2/c1-2-22(19,20)11-3-5-15(6-4-11)13(16)8-10-7-12(14(17)18)21-9-10/h7,9,11H,2-6,8H2,1H3,(H,17,18). The second-order valence-electron chi connectivity index (χ2n) is 5.33. The van der Waals surface area contributed by atoms with Crippen molar-refractivity contribution in [2.45, 2.75) is 31.4 Å². The molecule has 0 saturated carbocycles. The molecule has 0 radical (unpaired) electrons. The third kappa shape index (κ3) is 3.86. The van der Waals surface area contributed by atoms with Crippen molar-refractivity contribution in [3.8, 4) is 0 Å². The molecule has 0 spiro atoms. The number of sulfone groups is 1. The van der Waals surface area contributed by atoms with Gasteiger partial charge in [0, 0.05) is 18.8 Å². The summed E-state index contributed by atoms with van der Waals surface area (Å²) in [5, 5.41) is 10.2. The van der Waals surface area contributed by atoms with Gasteiger partial charge >= 0.3 is 5.97 Å². The van der Waals surface area contributed by atoms with Gasteiger partial charge in [0.2, 0.25) is 5.91 Å². The van der Waals surface area contributed by atoms with Crippen molar-refractivity contribution in [3.05, 3.63) is 21.9 Å². The third-order valence-corrected chi connectivity index (χ3v) is 7.18.